The van der Waals surface area contributed by atoms with Crippen LogP contribution < -0.4 is 4.90 Å². The summed E-state index contributed by atoms with van der Waals surface area (Å²) in [6.45, 7) is 8.23. The van der Waals surface area contributed by atoms with Gasteiger partial charge < -0.3 is 4.74 Å². The van der Waals surface area contributed by atoms with Crippen molar-refractivity contribution in [2.45, 2.75) is 46.1 Å². The van der Waals surface area contributed by atoms with E-state index in [-0.39, 0.29) is 41.0 Å². The lowest BCUT2D eigenvalue weighted by Gasteiger charge is -2.25. The third kappa shape index (κ3) is 4.16. The first kappa shape index (κ1) is 22.4. The fraction of sp³-hybridized carbons (Fsp3) is 0.259. The Labute approximate surface area is 193 Å². The lowest BCUT2D eigenvalue weighted by Crippen LogP contribution is -2.31. The van der Waals surface area contributed by atoms with Crippen LogP contribution in [-0.4, -0.2) is 22.8 Å². The number of aromatic nitrogens is 1. The predicted molar refractivity (Wildman–Crippen MR) is 126 cm³/mol. The van der Waals surface area contributed by atoms with Crippen molar-refractivity contribution in [1.82, 2.24) is 4.98 Å². The van der Waals surface area contributed by atoms with Crippen molar-refractivity contribution in [1.29, 1.82) is 0 Å². The second-order valence-electron chi connectivity index (χ2n) is 8.74. The number of anilines is 1. The van der Waals surface area contributed by atoms with Crippen LogP contribution in [0, 0.1) is 0 Å². The van der Waals surface area contributed by atoms with Gasteiger partial charge in [-0.3, -0.25) is 14.6 Å². The Kier molecular flexibility index (Phi) is 6.09. The summed E-state index contributed by atoms with van der Waals surface area (Å²) in [6, 6.07) is 13.9. The summed E-state index contributed by atoms with van der Waals surface area (Å²) in [5, 5.41) is 0. The summed E-state index contributed by atoms with van der Waals surface area (Å²) in [5.41, 5.74) is 4.01. The van der Waals surface area contributed by atoms with Crippen LogP contribution in [0.25, 0.3) is 0 Å². The number of benzene rings is 2. The molecule has 0 saturated heterocycles. The van der Waals surface area contributed by atoms with Gasteiger partial charge in [-0.05, 0) is 47.2 Å². The van der Waals surface area contributed by atoms with Crippen molar-refractivity contribution in [2.24, 2.45) is 0 Å². The Morgan fingerprint density at radius 3 is 2.18 bits per heavy atom. The highest BCUT2D eigenvalue weighted by Crippen LogP contribution is 2.39. The average molecular weight is 443 g/mol. The van der Waals surface area contributed by atoms with E-state index in [4.69, 9.17) is 4.74 Å². The number of fused-ring (bicyclic) bond motifs is 1. The van der Waals surface area contributed by atoms with E-state index in [0.29, 0.717) is 5.69 Å². The van der Waals surface area contributed by atoms with E-state index in [0.717, 1.165) is 16.7 Å². The smallest absolute Gasteiger partial charge is 0.338 e. The van der Waals surface area contributed by atoms with Crippen LogP contribution in [0.15, 0.2) is 60.9 Å². The Bertz CT molecular complexity index is 1210. The van der Waals surface area contributed by atoms with Gasteiger partial charge in [-0.25, -0.2) is 9.69 Å². The molecule has 1 aliphatic rings. The zero-order chi connectivity index (χ0) is 23.7. The normalized spacial score (nSPS) is 13.1. The minimum Gasteiger partial charge on any atom is -0.457 e. The maximum Gasteiger partial charge on any atom is 0.338 e. The van der Waals surface area contributed by atoms with Crippen molar-refractivity contribution in [3.8, 4) is 0 Å². The number of hydrogen-bond donors (Lipinski definition) is 0. The van der Waals surface area contributed by atoms with Gasteiger partial charge in [-0.1, -0.05) is 52.0 Å². The standard InChI is InChI=1S/C27H26N2O4/c1-16(2)20-8-5-9-21(17(3)4)24(20)29-25(30)22-11-10-19(13-23(22)26(29)31)27(32)33-15-18-7-6-12-28-14-18/h5-14,16-17H,15H2,1-4H3. The van der Waals surface area contributed by atoms with Crippen LogP contribution in [0.4, 0.5) is 5.69 Å². The van der Waals surface area contributed by atoms with Crippen LogP contribution in [0.2, 0.25) is 0 Å². The van der Waals surface area contributed by atoms with Crippen molar-refractivity contribution in [3.63, 3.8) is 0 Å². The number of carbonyl (C=O) groups excluding carboxylic acids is 3. The largest absolute Gasteiger partial charge is 0.457 e. The molecule has 0 radical (unpaired) electrons. The lowest BCUT2D eigenvalue weighted by molar-refractivity contribution is 0.0472. The van der Waals surface area contributed by atoms with E-state index in [9.17, 15) is 14.4 Å². The van der Waals surface area contributed by atoms with Gasteiger partial charge >= 0.3 is 5.97 Å². The van der Waals surface area contributed by atoms with E-state index in [1.807, 2.05) is 52.0 Å². The molecule has 0 bridgehead atoms. The third-order valence-corrected chi connectivity index (χ3v) is 5.78. The van der Waals surface area contributed by atoms with E-state index in [1.165, 1.54) is 23.1 Å². The van der Waals surface area contributed by atoms with E-state index < -0.39 is 11.9 Å². The molecule has 0 fully saturated rings. The van der Waals surface area contributed by atoms with Gasteiger partial charge in [0.05, 0.1) is 22.4 Å². The summed E-state index contributed by atoms with van der Waals surface area (Å²) in [7, 11) is 0. The molecule has 0 N–H and O–H groups in total. The molecule has 2 aromatic carbocycles. The third-order valence-electron chi connectivity index (χ3n) is 5.78. The summed E-state index contributed by atoms with van der Waals surface area (Å²) >= 11 is 0. The fourth-order valence-corrected chi connectivity index (χ4v) is 4.06. The highest BCUT2D eigenvalue weighted by Gasteiger charge is 2.39. The number of carbonyl (C=O) groups is 3. The first-order chi connectivity index (χ1) is 15.8. The van der Waals surface area contributed by atoms with E-state index in [2.05, 4.69) is 4.98 Å². The monoisotopic (exact) mass is 442 g/mol. The number of rotatable bonds is 6. The second-order valence-corrected chi connectivity index (χ2v) is 8.74. The maximum atomic E-state index is 13.5. The molecule has 0 spiro atoms. The van der Waals surface area contributed by atoms with Crippen molar-refractivity contribution < 1.29 is 19.1 Å². The zero-order valence-electron chi connectivity index (χ0n) is 19.2. The van der Waals surface area contributed by atoms with Gasteiger partial charge in [0.25, 0.3) is 11.8 Å². The lowest BCUT2D eigenvalue weighted by atomic mass is 9.92. The quantitative estimate of drug-likeness (QED) is 0.373. The first-order valence-corrected chi connectivity index (χ1v) is 11.0. The number of imide groups is 1. The van der Waals surface area contributed by atoms with Crippen molar-refractivity contribution >= 4 is 23.5 Å². The number of hydrogen-bond acceptors (Lipinski definition) is 5. The van der Waals surface area contributed by atoms with Crippen molar-refractivity contribution in [3.05, 3.63) is 94.3 Å². The fourth-order valence-electron chi connectivity index (χ4n) is 4.06. The highest BCUT2D eigenvalue weighted by molar-refractivity contribution is 6.35. The SMILES string of the molecule is CC(C)c1cccc(C(C)C)c1N1C(=O)c2ccc(C(=O)OCc3cccnc3)cc2C1=O. The number of ether oxygens (including phenoxy) is 1. The van der Waals surface area contributed by atoms with Gasteiger partial charge in [0.15, 0.2) is 0 Å². The maximum absolute atomic E-state index is 13.5. The van der Waals surface area contributed by atoms with Gasteiger partial charge in [0, 0.05) is 18.0 Å². The Balaban J connectivity index is 1.67. The number of amides is 2. The highest BCUT2D eigenvalue weighted by atomic mass is 16.5. The number of esters is 1. The number of nitrogens with zero attached hydrogens (tertiary/aromatic N) is 2. The second kappa shape index (κ2) is 8.98. The van der Waals surface area contributed by atoms with E-state index >= 15 is 0 Å². The number of pyridine rings is 1. The first-order valence-electron chi connectivity index (χ1n) is 11.0. The molecule has 0 aliphatic carbocycles. The molecular weight excluding hydrogens is 416 g/mol. The zero-order valence-corrected chi connectivity index (χ0v) is 19.2. The molecule has 2 heterocycles. The molecule has 168 valence electrons. The van der Waals surface area contributed by atoms with Gasteiger partial charge in [-0.2, -0.15) is 0 Å². The summed E-state index contributed by atoms with van der Waals surface area (Å²) in [6.07, 6.45) is 3.26. The van der Waals surface area contributed by atoms with Gasteiger partial charge in [-0.15, -0.1) is 0 Å². The summed E-state index contributed by atoms with van der Waals surface area (Å²) in [5.74, 6) is -1.11. The molecular formula is C27H26N2O4. The molecule has 1 aliphatic heterocycles. The Morgan fingerprint density at radius 2 is 1.58 bits per heavy atom. The molecule has 3 aromatic rings. The average Bonchev–Trinajstić information content (AvgIpc) is 3.06. The molecule has 1 aromatic heterocycles. The van der Waals surface area contributed by atoms with Crippen LogP contribution in [-0.2, 0) is 11.3 Å². The minimum atomic E-state index is -0.564. The van der Waals surface area contributed by atoms with E-state index in [1.54, 1.807) is 18.5 Å². The number of para-hydroxylation sites is 1. The predicted octanol–water partition coefficient (Wildman–Crippen LogP) is 5.49. The molecule has 6 nitrogen and oxygen atoms in total. The molecule has 0 atom stereocenters. The Hall–Kier alpha value is -3.80. The molecule has 6 heteroatoms. The van der Waals surface area contributed by atoms with Crippen LogP contribution >= 0.6 is 0 Å². The topological polar surface area (TPSA) is 76.6 Å². The van der Waals surface area contributed by atoms with Crippen molar-refractivity contribution in [2.75, 3.05) is 4.90 Å². The minimum absolute atomic E-state index is 0.0717. The van der Waals surface area contributed by atoms with Crippen LogP contribution in [0.5, 0.6) is 0 Å². The molecule has 2 amide bonds. The summed E-state index contributed by atoms with van der Waals surface area (Å²) < 4.78 is 5.36. The van der Waals surface area contributed by atoms with Crippen LogP contribution in [0.1, 0.15) is 87.3 Å². The van der Waals surface area contributed by atoms with Crippen LogP contribution in [0.3, 0.4) is 0 Å². The Morgan fingerprint density at radius 1 is 0.909 bits per heavy atom. The molecule has 0 saturated carbocycles. The molecule has 4 rings (SSSR count). The molecule has 0 unspecified atom stereocenters. The summed E-state index contributed by atoms with van der Waals surface area (Å²) in [4.78, 5) is 44.6. The van der Waals surface area contributed by atoms with Gasteiger partial charge in [0.1, 0.15) is 6.61 Å². The van der Waals surface area contributed by atoms with Gasteiger partial charge in [0.2, 0.25) is 0 Å². The molecule has 33 heavy (non-hydrogen) atoms.